The number of hydrogen-bond acceptors (Lipinski definition) is 9. The van der Waals surface area contributed by atoms with E-state index >= 15 is 0 Å². The van der Waals surface area contributed by atoms with E-state index in [1.54, 1.807) is 33.0 Å². The van der Waals surface area contributed by atoms with Crippen molar-refractivity contribution in [1.82, 2.24) is 5.32 Å². The van der Waals surface area contributed by atoms with Gasteiger partial charge in [0.2, 0.25) is 0 Å². The Morgan fingerprint density at radius 2 is 1.31 bits per heavy atom. The monoisotopic (exact) mass is 823 g/mol. The largest absolute Gasteiger partial charge is 0.459 e. The number of carbonyl (C=O) groups is 4. The number of rotatable bonds is 10. The van der Waals surface area contributed by atoms with Crippen LogP contribution in [0.1, 0.15) is 58.8 Å². The Hall–Kier alpha value is -5.31. The quantitative estimate of drug-likeness (QED) is 0.0668. The lowest BCUT2D eigenvalue weighted by atomic mass is 10.1. The Morgan fingerprint density at radius 3 is 1.74 bits per heavy atom. The van der Waals surface area contributed by atoms with E-state index in [1.165, 1.54) is 11.4 Å². The fourth-order valence-electron chi connectivity index (χ4n) is 3.69. The normalized spacial score (nSPS) is 11.9. The van der Waals surface area contributed by atoms with E-state index in [2.05, 4.69) is 4.74 Å². The van der Waals surface area contributed by atoms with Gasteiger partial charge in [0.05, 0.1) is 39.0 Å². The highest BCUT2D eigenvalue weighted by Gasteiger charge is 2.59. The number of imide groups is 1. The van der Waals surface area contributed by atoms with Crippen molar-refractivity contribution in [2.24, 2.45) is 0 Å². The van der Waals surface area contributed by atoms with Crippen LogP contribution in [-0.2, 0) is 9.47 Å². The van der Waals surface area contributed by atoms with Crippen LogP contribution in [0.25, 0.3) is 0 Å². The summed E-state index contributed by atoms with van der Waals surface area (Å²) < 4.78 is 131. The third kappa shape index (κ3) is 12.1. The van der Waals surface area contributed by atoms with Crippen LogP contribution < -0.4 is 15.4 Å². The van der Waals surface area contributed by atoms with E-state index in [-0.39, 0.29) is 29.0 Å². The topological polar surface area (TPSA) is 163 Å². The number of urea groups is 1. The molecule has 3 aromatic rings. The van der Waals surface area contributed by atoms with Gasteiger partial charge in [0.25, 0.3) is 17.8 Å². The highest BCUT2D eigenvalue weighted by atomic mass is 35.5. The third-order valence-corrected chi connectivity index (χ3v) is 6.51. The van der Waals surface area contributed by atoms with Crippen LogP contribution >= 0.6 is 23.2 Å². The molecule has 1 unspecified atom stereocenters. The van der Waals surface area contributed by atoms with Crippen LogP contribution in [0.3, 0.4) is 0 Å². The maximum Gasteiger partial charge on any atom is 0.439 e. The van der Waals surface area contributed by atoms with Crippen LogP contribution in [0.5, 0.6) is 5.75 Å². The van der Waals surface area contributed by atoms with E-state index < -0.39 is 91.8 Å². The SMILES string of the molecule is CC(C)OC(=O)c1cc(C(=O)OC(C)C)cc([N+](=O)[O-])c1.O=C(NC(=O)c1c(F)cccc1F)Nc1cc(Cl)c(OC(F)(F)C(F)C(F)(F)F)c(Cl)c1F. The number of benzene rings is 3. The molecule has 3 amide bonds. The molecule has 0 aliphatic carbocycles. The molecule has 0 fully saturated rings. The Labute approximate surface area is 307 Å². The average Bonchev–Trinajstić information content (AvgIpc) is 3.04. The minimum atomic E-state index is -6.05. The number of carbonyl (C=O) groups excluding carboxylic acids is 4. The molecule has 23 heteroatoms. The lowest BCUT2D eigenvalue weighted by molar-refractivity contribution is -0.384. The Bertz CT molecular complexity index is 1870. The average molecular weight is 824 g/mol. The molecule has 0 aliphatic heterocycles. The second-order valence-corrected chi connectivity index (χ2v) is 11.7. The molecule has 2 N–H and O–H groups in total. The van der Waals surface area contributed by atoms with Crippen LogP contribution in [0.15, 0.2) is 42.5 Å². The number of anilines is 1. The number of nitrogens with one attached hydrogen (secondary N) is 2. The van der Waals surface area contributed by atoms with Crippen LogP contribution in [0.4, 0.5) is 55.7 Å². The molecule has 294 valence electrons. The molecule has 0 aliphatic rings. The minimum absolute atomic E-state index is 0.0615. The molecule has 1 atom stereocenters. The molecule has 0 saturated carbocycles. The summed E-state index contributed by atoms with van der Waals surface area (Å²) >= 11 is 10.9. The minimum Gasteiger partial charge on any atom is -0.459 e. The van der Waals surface area contributed by atoms with Crippen molar-refractivity contribution >= 4 is 58.5 Å². The molecular weight excluding hydrogens is 800 g/mol. The zero-order valence-corrected chi connectivity index (χ0v) is 29.1. The van der Waals surface area contributed by atoms with Gasteiger partial charge < -0.3 is 19.5 Å². The highest BCUT2D eigenvalue weighted by Crippen LogP contribution is 2.44. The zero-order chi connectivity index (χ0) is 41.5. The van der Waals surface area contributed by atoms with Crippen molar-refractivity contribution in [1.29, 1.82) is 0 Å². The molecule has 0 spiro atoms. The standard InChI is InChI=1S/C17H7Cl2F9N2O3.C14H17NO6/c18-5-4-8(29-15(32)30-13(31)9-6(20)2-1-3-7(9)21)11(22)10(19)12(5)33-17(27,28)14(23)16(24,25)26;1-8(2)20-13(16)10-5-11(14(17)21-9(3)4)7-12(6-10)15(18)19/h1-4,14H,(H2,29,30,31,32);5-9H,1-4H3. The Kier molecular flexibility index (Phi) is 15.1. The number of alkyl halides is 6. The molecular formula is C31H24Cl2F9N3O9. The predicted molar refractivity (Wildman–Crippen MR) is 170 cm³/mol. The van der Waals surface area contributed by atoms with E-state index in [4.69, 9.17) is 32.7 Å². The van der Waals surface area contributed by atoms with Crippen molar-refractivity contribution in [3.05, 3.63) is 96.8 Å². The molecule has 0 aromatic heterocycles. The number of nitro benzene ring substituents is 1. The van der Waals surface area contributed by atoms with Gasteiger partial charge in [-0.05, 0) is 52.0 Å². The summed E-state index contributed by atoms with van der Waals surface area (Å²) in [7, 11) is 0. The second-order valence-electron chi connectivity index (χ2n) is 10.9. The van der Waals surface area contributed by atoms with Crippen molar-refractivity contribution in [2.75, 3.05) is 5.32 Å². The zero-order valence-electron chi connectivity index (χ0n) is 27.6. The van der Waals surface area contributed by atoms with Gasteiger partial charge in [-0.2, -0.15) is 22.0 Å². The first-order chi connectivity index (χ1) is 24.8. The summed E-state index contributed by atoms with van der Waals surface area (Å²) in [5, 5.41) is 11.3. The first-order valence-corrected chi connectivity index (χ1v) is 15.2. The number of amides is 3. The third-order valence-electron chi connectivity index (χ3n) is 5.89. The number of nitrogens with zero attached hydrogens (tertiary/aromatic N) is 1. The first-order valence-electron chi connectivity index (χ1n) is 14.5. The number of nitro groups is 1. The van der Waals surface area contributed by atoms with E-state index in [0.29, 0.717) is 18.2 Å². The summed E-state index contributed by atoms with van der Waals surface area (Å²) in [5.41, 5.74) is -2.68. The number of halogens is 11. The summed E-state index contributed by atoms with van der Waals surface area (Å²) in [6, 6.07) is 4.40. The van der Waals surface area contributed by atoms with Crippen LogP contribution in [0.2, 0.25) is 10.0 Å². The smallest absolute Gasteiger partial charge is 0.439 e. The maximum absolute atomic E-state index is 14.3. The van der Waals surface area contributed by atoms with Crippen molar-refractivity contribution in [2.45, 2.75) is 58.4 Å². The van der Waals surface area contributed by atoms with Crippen molar-refractivity contribution in [3.63, 3.8) is 0 Å². The van der Waals surface area contributed by atoms with Gasteiger partial charge in [-0.1, -0.05) is 29.3 Å². The number of hydrogen-bond donors (Lipinski definition) is 2. The van der Waals surface area contributed by atoms with Gasteiger partial charge in [0.1, 0.15) is 22.2 Å². The fourth-order valence-corrected chi connectivity index (χ4v) is 4.22. The van der Waals surface area contributed by atoms with Gasteiger partial charge in [-0.3, -0.25) is 20.2 Å². The molecule has 0 radical (unpaired) electrons. The van der Waals surface area contributed by atoms with Gasteiger partial charge in [-0.25, -0.2) is 31.9 Å². The lowest BCUT2D eigenvalue weighted by Gasteiger charge is -2.24. The number of esters is 2. The maximum atomic E-state index is 14.3. The van der Waals surface area contributed by atoms with Crippen molar-refractivity contribution in [3.8, 4) is 5.75 Å². The van der Waals surface area contributed by atoms with Gasteiger partial charge in [0.15, 0.2) is 11.6 Å². The lowest BCUT2D eigenvalue weighted by Crippen LogP contribution is -2.45. The highest BCUT2D eigenvalue weighted by molar-refractivity contribution is 6.38. The molecule has 0 saturated heterocycles. The van der Waals surface area contributed by atoms with E-state index in [1.807, 2.05) is 0 Å². The molecule has 0 bridgehead atoms. The number of ether oxygens (including phenoxy) is 3. The van der Waals surface area contributed by atoms with Gasteiger partial charge >= 0.3 is 30.3 Å². The van der Waals surface area contributed by atoms with Crippen molar-refractivity contribution < 1.29 is 77.8 Å². The summed E-state index contributed by atoms with van der Waals surface area (Å²) in [6.45, 7) is 6.62. The van der Waals surface area contributed by atoms with E-state index in [9.17, 15) is 68.8 Å². The van der Waals surface area contributed by atoms with Gasteiger partial charge in [0, 0.05) is 12.1 Å². The Morgan fingerprint density at radius 1 is 0.833 bits per heavy atom. The Balaban J connectivity index is 0.000000413. The molecule has 54 heavy (non-hydrogen) atoms. The molecule has 12 nitrogen and oxygen atoms in total. The first kappa shape index (κ1) is 44.8. The predicted octanol–water partition coefficient (Wildman–Crippen LogP) is 8.97. The molecule has 0 heterocycles. The van der Waals surface area contributed by atoms with E-state index in [0.717, 1.165) is 18.2 Å². The molecule has 3 aromatic carbocycles. The van der Waals surface area contributed by atoms with Crippen LogP contribution in [0, 0.1) is 27.6 Å². The summed E-state index contributed by atoms with van der Waals surface area (Å²) in [6.07, 6.45) is -17.2. The fraction of sp³-hybridized carbons (Fsp3) is 0.290. The summed E-state index contributed by atoms with van der Waals surface area (Å²) in [5.74, 6) is -9.13. The van der Waals surface area contributed by atoms with Gasteiger partial charge in [-0.15, -0.1) is 0 Å². The van der Waals surface area contributed by atoms with Crippen LogP contribution in [-0.4, -0.2) is 59.5 Å². The molecule has 3 rings (SSSR count). The second kappa shape index (κ2) is 18.1. The summed E-state index contributed by atoms with van der Waals surface area (Å²) in [4.78, 5) is 57.5. The number of non-ortho nitro benzene ring substituents is 1.